The average molecular weight is 383 g/mol. The van der Waals surface area contributed by atoms with Crippen LogP contribution in [0.15, 0.2) is 48.5 Å². The van der Waals surface area contributed by atoms with Gasteiger partial charge in [0.25, 0.3) is 0 Å². The maximum atomic E-state index is 12.2. The van der Waals surface area contributed by atoms with Gasteiger partial charge in [0.1, 0.15) is 0 Å². The smallest absolute Gasteiger partial charge is 0.200 e. The lowest BCUT2D eigenvalue weighted by Crippen LogP contribution is -2.44. The molecule has 0 aliphatic carbocycles. The highest BCUT2D eigenvalue weighted by Crippen LogP contribution is 2.28. The Bertz CT molecular complexity index is 756. The van der Waals surface area contributed by atoms with E-state index in [9.17, 15) is 4.79 Å². The number of methoxy groups -OCH3 is 1. The van der Waals surface area contributed by atoms with Gasteiger partial charge in [0.05, 0.1) is 7.11 Å². The van der Waals surface area contributed by atoms with Crippen molar-refractivity contribution in [2.45, 2.75) is 12.8 Å². The molecular weight excluding hydrogens is 352 g/mol. The fourth-order valence-corrected chi connectivity index (χ4v) is 3.42. The monoisotopic (exact) mass is 382 g/mol. The molecule has 2 aromatic rings. The number of nitrogens with zero attached hydrogens (tertiary/aromatic N) is 2. The van der Waals surface area contributed by atoms with Crippen LogP contribution in [0, 0.1) is 0 Å². The number of benzene rings is 2. The van der Waals surface area contributed by atoms with Crippen LogP contribution >= 0.6 is 0 Å². The van der Waals surface area contributed by atoms with Gasteiger partial charge in [-0.1, -0.05) is 36.4 Å². The lowest BCUT2D eigenvalue weighted by Gasteiger charge is -2.32. The van der Waals surface area contributed by atoms with E-state index in [0.29, 0.717) is 17.1 Å². The van der Waals surface area contributed by atoms with E-state index in [1.807, 2.05) is 30.3 Å². The quantitative estimate of drug-likeness (QED) is 0.624. The second-order valence-electron chi connectivity index (χ2n) is 7.31. The summed E-state index contributed by atoms with van der Waals surface area (Å²) in [6, 6.07) is 15.2. The van der Waals surface area contributed by atoms with Crippen LogP contribution in [0.5, 0.6) is 11.5 Å². The second kappa shape index (κ2) is 10.2. The molecule has 0 amide bonds. The third-order valence-corrected chi connectivity index (χ3v) is 5.22. The summed E-state index contributed by atoms with van der Waals surface area (Å²) in [4.78, 5) is 17.1. The first-order chi connectivity index (χ1) is 13.7. The predicted molar refractivity (Wildman–Crippen MR) is 112 cm³/mol. The van der Waals surface area contributed by atoms with Crippen LogP contribution in [-0.4, -0.2) is 69.1 Å². The fraction of sp³-hybridized carbons (Fsp3) is 0.435. The van der Waals surface area contributed by atoms with Gasteiger partial charge in [0.15, 0.2) is 23.9 Å². The van der Waals surface area contributed by atoms with Gasteiger partial charge in [0.2, 0.25) is 0 Å². The molecule has 0 aromatic heterocycles. The molecule has 0 N–H and O–H groups in total. The number of piperazine rings is 1. The molecule has 1 aliphatic heterocycles. The van der Waals surface area contributed by atoms with Gasteiger partial charge in [-0.2, -0.15) is 0 Å². The summed E-state index contributed by atoms with van der Waals surface area (Å²) in [6.45, 7) is 5.75. The molecule has 1 aliphatic rings. The number of aryl methyl sites for hydroxylation is 1. The minimum absolute atomic E-state index is 0.00310. The number of hydrogen-bond donors (Lipinski definition) is 0. The van der Waals surface area contributed by atoms with Crippen molar-refractivity contribution < 1.29 is 14.3 Å². The third kappa shape index (κ3) is 5.81. The van der Waals surface area contributed by atoms with E-state index in [1.165, 1.54) is 5.56 Å². The molecule has 28 heavy (non-hydrogen) atoms. The molecule has 150 valence electrons. The SMILES string of the molecule is COc1cc(CCCN2CCN(C)CC2)ccc1OCC(=O)c1ccccc1. The summed E-state index contributed by atoms with van der Waals surface area (Å²) in [6.07, 6.45) is 2.13. The first-order valence-corrected chi connectivity index (χ1v) is 9.94. The third-order valence-electron chi connectivity index (χ3n) is 5.22. The highest BCUT2D eigenvalue weighted by molar-refractivity contribution is 5.97. The number of likely N-dealkylation sites (N-methyl/N-ethyl adjacent to an activating group) is 1. The van der Waals surface area contributed by atoms with Crippen molar-refractivity contribution in [2.75, 3.05) is 53.5 Å². The number of Topliss-reactive ketones (excluding diaryl/α,β-unsaturated/α-hetero) is 1. The van der Waals surface area contributed by atoms with Gasteiger partial charge < -0.3 is 19.3 Å². The molecule has 1 heterocycles. The largest absolute Gasteiger partial charge is 0.493 e. The molecule has 0 saturated carbocycles. The Kier molecular flexibility index (Phi) is 7.46. The van der Waals surface area contributed by atoms with Gasteiger partial charge >= 0.3 is 0 Å². The molecule has 3 rings (SSSR count). The topological polar surface area (TPSA) is 42.0 Å². The van der Waals surface area contributed by atoms with Gasteiger partial charge in [0, 0.05) is 31.7 Å². The Morgan fingerprint density at radius 3 is 2.46 bits per heavy atom. The second-order valence-corrected chi connectivity index (χ2v) is 7.31. The van der Waals surface area contributed by atoms with E-state index in [1.54, 1.807) is 19.2 Å². The van der Waals surface area contributed by atoms with Gasteiger partial charge in [-0.15, -0.1) is 0 Å². The molecule has 0 radical (unpaired) electrons. The highest BCUT2D eigenvalue weighted by Gasteiger charge is 2.14. The molecule has 0 bridgehead atoms. The Hall–Kier alpha value is -2.37. The van der Waals surface area contributed by atoms with Crippen LogP contribution in [0.1, 0.15) is 22.3 Å². The van der Waals surface area contributed by atoms with Gasteiger partial charge in [-0.3, -0.25) is 4.79 Å². The van der Waals surface area contributed by atoms with Crippen molar-refractivity contribution in [1.82, 2.24) is 9.80 Å². The zero-order valence-electron chi connectivity index (χ0n) is 16.9. The van der Waals surface area contributed by atoms with Crippen molar-refractivity contribution in [3.8, 4) is 11.5 Å². The Balaban J connectivity index is 1.49. The number of ketones is 1. The van der Waals surface area contributed by atoms with Crippen LogP contribution in [0.2, 0.25) is 0 Å². The maximum Gasteiger partial charge on any atom is 0.200 e. The van der Waals surface area contributed by atoms with Gasteiger partial charge in [-0.05, 0) is 44.1 Å². The Morgan fingerprint density at radius 2 is 1.75 bits per heavy atom. The minimum Gasteiger partial charge on any atom is -0.493 e. The number of carbonyl (C=O) groups is 1. The zero-order valence-corrected chi connectivity index (χ0v) is 16.9. The van der Waals surface area contributed by atoms with Crippen molar-refractivity contribution in [1.29, 1.82) is 0 Å². The van der Waals surface area contributed by atoms with E-state index < -0.39 is 0 Å². The molecular formula is C23H30N2O3. The van der Waals surface area contributed by atoms with Crippen molar-refractivity contribution >= 4 is 5.78 Å². The molecule has 0 spiro atoms. The fourth-order valence-electron chi connectivity index (χ4n) is 3.42. The molecule has 5 nitrogen and oxygen atoms in total. The normalized spacial score (nSPS) is 15.4. The van der Waals surface area contributed by atoms with E-state index in [-0.39, 0.29) is 12.4 Å². The molecule has 2 aromatic carbocycles. The first kappa shape index (κ1) is 20.4. The Labute approximate surface area is 167 Å². The predicted octanol–water partition coefficient (Wildman–Crippen LogP) is 3.14. The molecule has 5 heteroatoms. The van der Waals surface area contributed by atoms with E-state index in [0.717, 1.165) is 45.6 Å². The van der Waals surface area contributed by atoms with Crippen molar-refractivity contribution in [3.63, 3.8) is 0 Å². The maximum absolute atomic E-state index is 12.2. The molecule has 1 fully saturated rings. The summed E-state index contributed by atoms with van der Waals surface area (Å²) in [5.41, 5.74) is 1.88. The van der Waals surface area contributed by atoms with Gasteiger partial charge in [-0.25, -0.2) is 0 Å². The lowest BCUT2D eigenvalue weighted by molar-refractivity contribution is 0.0919. The van der Waals surface area contributed by atoms with Crippen LogP contribution in [0.4, 0.5) is 0 Å². The number of rotatable bonds is 9. The average Bonchev–Trinajstić information content (AvgIpc) is 2.74. The lowest BCUT2D eigenvalue weighted by atomic mass is 10.1. The highest BCUT2D eigenvalue weighted by atomic mass is 16.5. The standard InChI is InChI=1S/C23H30N2O3/c1-24-13-15-25(16-14-24)12-6-7-19-10-11-22(23(17-19)27-2)28-18-21(26)20-8-4-3-5-9-20/h3-5,8-11,17H,6-7,12-16,18H2,1-2H3. The Morgan fingerprint density at radius 1 is 1.00 bits per heavy atom. The van der Waals surface area contributed by atoms with Crippen molar-refractivity contribution in [2.24, 2.45) is 0 Å². The summed E-state index contributed by atoms with van der Waals surface area (Å²) in [5, 5.41) is 0. The van der Waals surface area contributed by atoms with E-state index in [2.05, 4.69) is 22.9 Å². The summed E-state index contributed by atoms with van der Waals surface area (Å²) in [7, 11) is 3.82. The number of ether oxygens (including phenoxy) is 2. The van der Waals surface area contributed by atoms with Crippen LogP contribution in [-0.2, 0) is 6.42 Å². The molecule has 1 saturated heterocycles. The van der Waals surface area contributed by atoms with Crippen LogP contribution in [0.3, 0.4) is 0 Å². The first-order valence-electron chi connectivity index (χ1n) is 9.94. The zero-order chi connectivity index (χ0) is 19.8. The number of carbonyl (C=O) groups excluding carboxylic acids is 1. The molecule has 0 atom stereocenters. The van der Waals surface area contributed by atoms with Crippen molar-refractivity contribution in [3.05, 3.63) is 59.7 Å². The van der Waals surface area contributed by atoms with E-state index >= 15 is 0 Å². The summed E-state index contributed by atoms with van der Waals surface area (Å²) >= 11 is 0. The van der Waals surface area contributed by atoms with E-state index in [4.69, 9.17) is 9.47 Å². The number of hydrogen-bond acceptors (Lipinski definition) is 5. The summed E-state index contributed by atoms with van der Waals surface area (Å²) in [5.74, 6) is 1.24. The van der Waals surface area contributed by atoms with Crippen LogP contribution < -0.4 is 9.47 Å². The minimum atomic E-state index is -0.0427. The van der Waals surface area contributed by atoms with Crippen LogP contribution in [0.25, 0.3) is 0 Å². The summed E-state index contributed by atoms with van der Waals surface area (Å²) < 4.78 is 11.2. The molecule has 0 unspecified atom stereocenters.